The van der Waals surface area contributed by atoms with Crippen LogP contribution in [0.4, 0.5) is 4.39 Å². The fourth-order valence-electron chi connectivity index (χ4n) is 2.91. The lowest BCUT2D eigenvalue weighted by Gasteiger charge is -2.26. The summed E-state index contributed by atoms with van der Waals surface area (Å²) in [6, 6.07) is 5.92. The quantitative estimate of drug-likeness (QED) is 0.676. The van der Waals surface area contributed by atoms with Crippen LogP contribution in [0.3, 0.4) is 0 Å². The Morgan fingerprint density at radius 3 is 2.96 bits per heavy atom. The van der Waals surface area contributed by atoms with E-state index in [0.29, 0.717) is 18.8 Å². The Bertz CT molecular complexity index is 948. The molecule has 0 saturated heterocycles. The third-order valence-electron chi connectivity index (χ3n) is 4.27. The summed E-state index contributed by atoms with van der Waals surface area (Å²) in [7, 11) is 0. The minimum absolute atomic E-state index is 0.0232. The van der Waals surface area contributed by atoms with E-state index in [1.165, 1.54) is 18.5 Å². The lowest BCUT2D eigenvalue weighted by atomic mass is 10.1. The van der Waals surface area contributed by atoms with E-state index in [4.69, 9.17) is 4.74 Å². The van der Waals surface area contributed by atoms with Crippen molar-refractivity contribution in [1.29, 1.82) is 0 Å². The van der Waals surface area contributed by atoms with E-state index in [1.807, 2.05) is 4.90 Å². The number of carbonyl (C=O) groups is 1. The van der Waals surface area contributed by atoms with E-state index in [9.17, 15) is 9.18 Å². The molecular weight excluding hydrogens is 367 g/mol. The van der Waals surface area contributed by atoms with Crippen molar-refractivity contribution in [2.24, 2.45) is 0 Å². The number of halogens is 1. The zero-order chi connectivity index (χ0) is 18.6. The minimum Gasteiger partial charge on any atom is -0.493 e. The van der Waals surface area contributed by atoms with Crippen molar-refractivity contribution in [3.63, 3.8) is 0 Å². The number of thiazole rings is 1. The van der Waals surface area contributed by atoms with Gasteiger partial charge >= 0.3 is 0 Å². The average molecular weight is 384 g/mol. The van der Waals surface area contributed by atoms with Crippen LogP contribution >= 0.6 is 11.3 Å². The lowest BCUT2D eigenvalue weighted by Crippen LogP contribution is -2.36. The van der Waals surface area contributed by atoms with Gasteiger partial charge in [-0.15, -0.1) is 11.3 Å². The largest absolute Gasteiger partial charge is 0.493 e. The van der Waals surface area contributed by atoms with E-state index in [0.717, 1.165) is 27.6 Å². The van der Waals surface area contributed by atoms with Gasteiger partial charge in [0.05, 0.1) is 25.3 Å². The molecule has 1 aliphatic rings. The van der Waals surface area contributed by atoms with Gasteiger partial charge in [0.2, 0.25) is 5.91 Å². The van der Waals surface area contributed by atoms with Crippen LogP contribution in [0.25, 0.3) is 10.6 Å². The van der Waals surface area contributed by atoms with Crippen molar-refractivity contribution in [3.8, 4) is 16.3 Å². The maximum Gasteiger partial charge on any atom is 0.226 e. The molecule has 1 aliphatic heterocycles. The van der Waals surface area contributed by atoms with Gasteiger partial charge in [-0.05, 0) is 12.1 Å². The molecule has 0 saturated carbocycles. The van der Waals surface area contributed by atoms with Gasteiger partial charge in [0.1, 0.15) is 22.9 Å². The molecule has 0 bridgehead atoms. The smallest absolute Gasteiger partial charge is 0.226 e. The number of ether oxygens (including phenoxy) is 1. The standard InChI is InChI=1S/C19H17FN4O2S/c20-14-2-1-3-15(8-14)26-7-5-18(25)24-6-4-16-17(11-24)27-19(23-16)13-9-21-12-22-10-13/h1-3,8-10,12H,4-7,11H2. The van der Waals surface area contributed by atoms with Gasteiger partial charge in [-0.25, -0.2) is 19.3 Å². The van der Waals surface area contributed by atoms with E-state index in [1.54, 1.807) is 35.9 Å². The first-order chi connectivity index (χ1) is 13.2. The third-order valence-corrected chi connectivity index (χ3v) is 5.40. The number of benzene rings is 1. The zero-order valence-electron chi connectivity index (χ0n) is 14.5. The number of rotatable bonds is 5. The Hall–Kier alpha value is -2.87. The summed E-state index contributed by atoms with van der Waals surface area (Å²) < 4.78 is 18.6. The van der Waals surface area contributed by atoms with Crippen LogP contribution in [0.15, 0.2) is 43.0 Å². The van der Waals surface area contributed by atoms with Crippen molar-refractivity contribution >= 4 is 17.2 Å². The predicted octanol–water partition coefficient (Wildman–Crippen LogP) is 3.09. The normalized spacial score (nSPS) is 13.3. The molecule has 8 heteroatoms. The maximum absolute atomic E-state index is 13.1. The van der Waals surface area contributed by atoms with Crippen LogP contribution in [-0.4, -0.2) is 38.9 Å². The molecule has 3 heterocycles. The van der Waals surface area contributed by atoms with E-state index in [2.05, 4.69) is 15.0 Å². The Morgan fingerprint density at radius 1 is 1.30 bits per heavy atom. The Labute approximate surface area is 159 Å². The highest BCUT2D eigenvalue weighted by molar-refractivity contribution is 7.15. The number of fused-ring (bicyclic) bond motifs is 1. The van der Waals surface area contributed by atoms with Crippen molar-refractivity contribution < 1.29 is 13.9 Å². The van der Waals surface area contributed by atoms with Crippen molar-refractivity contribution in [1.82, 2.24) is 19.9 Å². The van der Waals surface area contributed by atoms with Crippen LogP contribution in [0.2, 0.25) is 0 Å². The van der Waals surface area contributed by atoms with Crippen LogP contribution in [0.5, 0.6) is 5.75 Å². The SMILES string of the molecule is O=C(CCOc1cccc(F)c1)N1CCc2nc(-c3cncnc3)sc2C1. The second-order valence-corrected chi connectivity index (χ2v) is 7.22. The molecule has 0 atom stereocenters. The summed E-state index contributed by atoms with van der Waals surface area (Å²) in [5.41, 5.74) is 1.93. The van der Waals surface area contributed by atoms with Crippen LogP contribution < -0.4 is 4.74 Å². The molecule has 1 aromatic carbocycles. The first kappa shape index (κ1) is 17.5. The lowest BCUT2D eigenvalue weighted by molar-refractivity contribution is -0.132. The zero-order valence-corrected chi connectivity index (χ0v) is 15.3. The molecule has 0 aliphatic carbocycles. The summed E-state index contributed by atoms with van der Waals surface area (Å²) in [5.74, 6) is 0.100. The Kier molecular flexibility index (Phi) is 5.06. The highest BCUT2D eigenvalue weighted by Crippen LogP contribution is 2.31. The second-order valence-electron chi connectivity index (χ2n) is 6.14. The van der Waals surface area contributed by atoms with E-state index in [-0.39, 0.29) is 24.8 Å². The number of nitrogens with zero attached hydrogens (tertiary/aromatic N) is 4. The van der Waals surface area contributed by atoms with Gasteiger partial charge < -0.3 is 9.64 Å². The Morgan fingerprint density at radius 2 is 2.15 bits per heavy atom. The van der Waals surface area contributed by atoms with Gasteiger partial charge in [0, 0.05) is 41.9 Å². The van der Waals surface area contributed by atoms with Crippen molar-refractivity contribution in [3.05, 3.63) is 59.4 Å². The first-order valence-corrected chi connectivity index (χ1v) is 9.41. The summed E-state index contributed by atoms with van der Waals surface area (Å²) in [6.07, 6.45) is 5.96. The second kappa shape index (κ2) is 7.79. The topological polar surface area (TPSA) is 68.2 Å². The number of hydrogen-bond acceptors (Lipinski definition) is 6. The van der Waals surface area contributed by atoms with Gasteiger partial charge in [0.15, 0.2) is 0 Å². The van der Waals surface area contributed by atoms with Gasteiger partial charge in [-0.1, -0.05) is 6.07 Å². The summed E-state index contributed by atoms with van der Waals surface area (Å²) in [5, 5.41) is 0.879. The fourth-order valence-corrected chi connectivity index (χ4v) is 4.01. The van der Waals surface area contributed by atoms with Gasteiger partial charge in [-0.2, -0.15) is 0 Å². The summed E-state index contributed by atoms with van der Waals surface area (Å²) in [6.45, 7) is 1.42. The highest BCUT2D eigenvalue weighted by Gasteiger charge is 2.24. The molecule has 2 aromatic heterocycles. The molecule has 27 heavy (non-hydrogen) atoms. The molecule has 0 unspecified atom stereocenters. The van der Waals surface area contributed by atoms with Gasteiger partial charge in [0.25, 0.3) is 0 Å². The Balaban J connectivity index is 1.35. The third kappa shape index (κ3) is 4.11. The summed E-state index contributed by atoms with van der Waals surface area (Å²) >= 11 is 1.57. The molecule has 0 fully saturated rings. The minimum atomic E-state index is -0.354. The molecule has 1 amide bonds. The number of carbonyl (C=O) groups excluding carboxylic acids is 1. The molecule has 138 valence electrons. The van der Waals surface area contributed by atoms with E-state index >= 15 is 0 Å². The number of hydrogen-bond donors (Lipinski definition) is 0. The first-order valence-electron chi connectivity index (χ1n) is 8.59. The van der Waals surface area contributed by atoms with Gasteiger partial charge in [-0.3, -0.25) is 4.79 Å². The molecule has 3 aromatic rings. The monoisotopic (exact) mass is 384 g/mol. The highest BCUT2D eigenvalue weighted by atomic mass is 32.1. The molecular formula is C19H17FN4O2S. The molecule has 0 radical (unpaired) electrons. The molecule has 4 rings (SSSR count). The molecule has 6 nitrogen and oxygen atoms in total. The van der Waals surface area contributed by atoms with E-state index < -0.39 is 0 Å². The predicted molar refractivity (Wildman–Crippen MR) is 98.8 cm³/mol. The average Bonchev–Trinajstić information content (AvgIpc) is 3.12. The van der Waals surface area contributed by atoms with Crippen LogP contribution in [0.1, 0.15) is 17.0 Å². The molecule has 0 spiro atoms. The fraction of sp³-hybridized carbons (Fsp3) is 0.263. The van der Waals surface area contributed by atoms with Crippen molar-refractivity contribution in [2.45, 2.75) is 19.4 Å². The number of aromatic nitrogens is 3. The van der Waals surface area contributed by atoms with Crippen LogP contribution in [0, 0.1) is 5.82 Å². The molecule has 0 N–H and O–H groups in total. The van der Waals surface area contributed by atoms with Crippen LogP contribution in [-0.2, 0) is 17.8 Å². The maximum atomic E-state index is 13.1. The summed E-state index contributed by atoms with van der Waals surface area (Å²) in [4.78, 5) is 28.1. The number of amides is 1. The van der Waals surface area contributed by atoms with Crippen molar-refractivity contribution in [2.75, 3.05) is 13.2 Å².